The first-order valence-electron chi connectivity index (χ1n) is 7.29. The minimum absolute atomic E-state index is 0.0963. The fraction of sp³-hybridized carbons (Fsp3) is 0.429. The van der Waals surface area contributed by atoms with Crippen molar-refractivity contribution < 1.29 is 13.2 Å². The number of likely N-dealkylation sites (tertiary alicyclic amines) is 1. The van der Waals surface area contributed by atoms with Crippen molar-refractivity contribution in [3.8, 4) is 0 Å². The van der Waals surface area contributed by atoms with Crippen molar-refractivity contribution in [1.29, 1.82) is 0 Å². The summed E-state index contributed by atoms with van der Waals surface area (Å²) in [6, 6.07) is 3.52. The second-order valence-electron chi connectivity index (χ2n) is 5.46. The number of rotatable bonds is 3. The molecule has 0 bridgehead atoms. The molecular weight excluding hydrogens is 336 g/mol. The second kappa shape index (κ2) is 6.32. The summed E-state index contributed by atoms with van der Waals surface area (Å²) in [7, 11) is -1.78. The van der Waals surface area contributed by atoms with Crippen LogP contribution in [0.2, 0.25) is 0 Å². The number of nitrogens with one attached hydrogen (secondary N) is 1. The molecule has 1 aliphatic rings. The minimum atomic E-state index is -3.45. The Balaban J connectivity index is 1.62. The molecule has 3 rings (SSSR count). The van der Waals surface area contributed by atoms with Gasteiger partial charge in [-0.2, -0.15) is 0 Å². The van der Waals surface area contributed by atoms with Crippen LogP contribution in [0.1, 0.15) is 12.8 Å². The van der Waals surface area contributed by atoms with Crippen LogP contribution in [-0.4, -0.2) is 47.2 Å². The molecule has 0 saturated carbocycles. The van der Waals surface area contributed by atoms with Crippen molar-refractivity contribution in [2.75, 3.05) is 18.4 Å². The molecule has 0 spiro atoms. The van der Waals surface area contributed by atoms with Crippen molar-refractivity contribution in [1.82, 2.24) is 14.5 Å². The molecule has 0 atom stereocenters. The van der Waals surface area contributed by atoms with Gasteiger partial charge in [-0.15, -0.1) is 11.3 Å². The van der Waals surface area contributed by atoms with Gasteiger partial charge in [-0.05, 0) is 30.4 Å². The summed E-state index contributed by atoms with van der Waals surface area (Å²) in [4.78, 5) is 17.8. The number of piperidine rings is 1. The lowest BCUT2D eigenvalue weighted by Gasteiger charge is -2.31. The molecule has 23 heavy (non-hydrogen) atoms. The SMILES string of the molecule is Cn1ccnc1S(=O)(=O)C1CCN(C(=O)Nc2cccs2)CC1. The van der Waals surface area contributed by atoms with Gasteiger partial charge in [0.1, 0.15) is 0 Å². The highest BCUT2D eigenvalue weighted by Crippen LogP contribution is 2.24. The maximum atomic E-state index is 12.6. The lowest BCUT2D eigenvalue weighted by atomic mass is 10.1. The zero-order chi connectivity index (χ0) is 16.4. The van der Waals surface area contributed by atoms with Gasteiger partial charge in [-0.1, -0.05) is 0 Å². The molecular formula is C14H18N4O3S2. The van der Waals surface area contributed by atoms with E-state index >= 15 is 0 Å². The summed E-state index contributed by atoms with van der Waals surface area (Å²) < 4.78 is 26.7. The smallest absolute Gasteiger partial charge is 0.322 e. The Morgan fingerprint density at radius 2 is 2.13 bits per heavy atom. The van der Waals surface area contributed by atoms with Gasteiger partial charge in [-0.25, -0.2) is 18.2 Å². The molecule has 0 radical (unpaired) electrons. The Labute approximate surface area is 138 Å². The van der Waals surface area contributed by atoms with E-state index < -0.39 is 15.1 Å². The Morgan fingerprint density at radius 3 is 2.70 bits per heavy atom. The maximum absolute atomic E-state index is 12.6. The number of aryl methyl sites for hydroxylation is 1. The Bertz CT molecular complexity index is 775. The lowest BCUT2D eigenvalue weighted by molar-refractivity contribution is 0.200. The molecule has 1 saturated heterocycles. The fourth-order valence-electron chi connectivity index (χ4n) is 2.68. The van der Waals surface area contributed by atoms with Crippen LogP contribution in [0.15, 0.2) is 35.1 Å². The molecule has 3 heterocycles. The number of carbonyl (C=O) groups is 1. The molecule has 1 aliphatic heterocycles. The van der Waals surface area contributed by atoms with Crippen LogP contribution in [-0.2, 0) is 16.9 Å². The van der Waals surface area contributed by atoms with E-state index in [1.807, 2.05) is 17.5 Å². The summed E-state index contributed by atoms with van der Waals surface area (Å²) >= 11 is 1.45. The summed E-state index contributed by atoms with van der Waals surface area (Å²) in [5.41, 5.74) is 0. The van der Waals surface area contributed by atoms with Gasteiger partial charge in [-0.3, -0.25) is 5.32 Å². The number of hydrogen-bond donors (Lipinski definition) is 1. The van der Waals surface area contributed by atoms with Gasteiger partial charge in [0.2, 0.25) is 15.0 Å². The molecule has 2 aromatic rings. The van der Waals surface area contributed by atoms with E-state index in [2.05, 4.69) is 10.3 Å². The van der Waals surface area contributed by atoms with Crippen molar-refractivity contribution in [3.05, 3.63) is 29.9 Å². The van der Waals surface area contributed by atoms with E-state index in [0.717, 1.165) is 5.00 Å². The average Bonchev–Trinajstić information content (AvgIpc) is 3.19. The van der Waals surface area contributed by atoms with Crippen molar-refractivity contribution >= 4 is 32.2 Å². The third-order valence-corrected chi connectivity index (χ3v) is 6.99. The number of urea groups is 1. The van der Waals surface area contributed by atoms with Crippen molar-refractivity contribution in [2.24, 2.45) is 7.05 Å². The highest BCUT2D eigenvalue weighted by atomic mass is 32.2. The Kier molecular flexibility index (Phi) is 4.40. The van der Waals surface area contributed by atoms with Crippen LogP contribution in [0.5, 0.6) is 0 Å². The number of amides is 2. The van der Waals surface area contributed by atoms with E-state index in [-0.39, 0.29) is 11.2 Å². The number of sulfone groups is 1. The predicted molar refractivity (Wildman–Crippen MR) is 88.3 cm³/mol. The van der Waals surface area contributed by atoms with Crippen LogP contribution in [0, 0.1) is 0 Å². The molecule has 2 aromatic heterocycles. The minimum Gasteiger partial charge on any atom is -0.325 e. The van der Waals surface area contributed by atoms with Gasteiger partial charge < -0.3 is 9.47 Å². The summed E-state index contributed by atoms with van der Waals surface area (Å²) in [5.74, 6) is 0. The van der Waals surface area contributed by atoms with Gasteiger partial charge >= 0.3 is 6.03 Å². The summed E-state index contributed by atoms with van der Waals surface area (Å²) in [6.07, 6.45) is 3.95. The molecule has 0 aromatic carbocycles. The number of thiophene rings is 1. The van der Waals surface area contributed by atoms with Gasteiger partial charge in [0.25, 0.3) is 0 Å². The largest absolute Gasteiger partial charge is 0.325 e. The molecule has 1 fully saturated rings. The normalized spacial score (nSPS) is 16.5. The van der Waals surface area contributed by atoms with Crippen LogP contribution >= 0.6 is 11.3 Å². The average molecular weight is 354 g/mol. The standard InChI is InChI=1S/C14H18N4O3S2/c1-17-9-6-15-14(17)23(20,21)11-4-7-18(8-5-11)13(19)16-12-3-2-10-22-12/h2-3,6,9-11H,4-5,7-8H2,1H3,(H,16,19). The Hall–Kier alpha value is -1.87. The monoisotopic (exact) mass is 354 g/mol. The lowest BCUT2D eigenvalue weighted by Crippen LogP contribution is -2.44. The molecule has 0 aliphatic carbocycles. The third-order valence-electron chi connectivity index (χ3n) is 3.95. The quantitative estimate of drug-likeness (QED) is 0.913. The van der Waals surface area contributed by atoms with Crippen molar-refractivity contribution in [2.45, 2.75) is 23.2 Å². The number of imidazole rings is 1. The van der Waals surface area contributed by atoms with Gasteiger partial charge in [0, 0.05) is 32.5 Å². The molecule has 2 amide bonds. The molecule has 7 nitrogen and oxygen atoms in total. The van der Waals surface area contributed by atoms with E-state index in [1.54, 1.807) is 18.1 Å². The number of anilines is 1. The van der Waals surface area contributed by atoms with Crippen molar-refractivity contribution in [3.63, 3.8) is 0 Å². The fourth-order valence-corrected chi connectivity index (χ4v) is 5.09. The van der Waals surface area contributed by atoms with Gasteiger partial charge in [0.05, 0.1) is 10.3 Å². The zero-order valence-corrected chi connectivity index (χ0v) is 14.3. The molecule has 0 unspecified atom stereocenters. The third kappa shape index (κ3) is 3.25. The predicted octanol–water partition coefficient (Wildman–Crippen LogP) is 1.95. The number of aromatic nitrogens is 2. The zero-order valence-electron chi connectivity index (χ0n) is 12.7. The van der Waals surface area contributed by atoms with Gasteiger partial charge in [0.15, 0.2) is 0 Å². The molecule has 1 N–H and O–H groups in total. The number of hydrogen-bond acceptors (Lipinski definition) is 5. The van der Waals surface area contributed by atoms with Crippen LogP contribution in [0.25, 0.3) is 0 Å². The highest BCUT2D eigenvalue weighted by molar-refractivity contribution is 7.91. The van der Waals surface area contributed by atoms with E-state index in [4.69, 9.17) is 0 Å². The number of carbonyl (C=O) groups excluding carboxylic acids is 1. The summed E-state index contributed by atoms with van der Waals surface area (Å²) in [6.45, 7) is 0.844. The number of nitrogens with zero attached hydrogens (tertiary/aromatic N) is 3. The maximum Gasteiger partial charge on any atom is 0.322 e. The first-order chi connectivity index (χ1) is 11.0. The van der Waals surface area contributed by atoms with Crippen LogP contribution in [0.4, 0.5) is 9.80 Å². The van der Waals surface area contributed by atoms with Crippen LogP contribution in [0.3, 0.4) is 0 Å². The first-order valence-corrected chi connectivity index (χ1v) is 9.72. The molecule has 124 valence electrons. The first kappa shape index (κ1) is 16.0. The van der Waals surface area contributed by atoms with E-state index in [9.17, 15) is 13.2 Å². The van der Waals surface area contributed by atoms with E-state index in [1.165, 1.54) is 22.1 Å². The summed E-state index contributed by atoms with van der Waals surface area (Å²) in [5, 5.41) is 5.11. The second-order valence-corrected chi connectivity index (χ2v) is 8.53. The highest BCUT2D eigenvalue weighted by Gasteiger charge is 2.35. The topological polar surface area (TPSA) is 84.3 Å². The molecule has 9 heteroatoms. The van der Waals surface area contributed by atoms with Crippen LogP contribution < -0.4 is 5.32 Å². The van der Waals surface area contributed by atoms with E-state index in [0.29, 0.717) is 25.9 Å². The Morgan fingerprint density at radius 1 is 1.39 bits per heavy atom.